The first kappa shape index (κ1) is 21.6. The number of oxazole rings is 1. The molecule has 0 bridgehead atoms. The van der Waals surface area contributed by atoms with Crippen molar-refractivity contribution in [2.75, 3.05) is 6.61 Å². The van der Waals surface area contributed by atoms with Crippen LogP contribution in [-0.2, 0) is 17.8 Å². The molecule has 0 aliphatic rings. The van der Waals surface area contributed by atoms with Crippen LogP contribution >= 0.6 is 0 Å². The van der Waals surface area contributed by atoms with Gasteiger partial charge in [-0.25, -0.2) is 4.98 Å². The van der Waals surface area contributed by atoms with Crippen molar-refractivity contribution >= 4 is 5.91 Å². The summed E-state index contributed by atoms with van der Waals surface area (Å²) in [6.45, 7) is 7.51. The van der Waals surface area contributed by atoms with Gasteiger partial charge in [0.2, 0.25) is 5.91 Å². The van der Waals surface area contributed by atoms with E-state index in [0.29, 0.717) is 37.8 Å². The number of carbonyl (C=O) groups excluding carboxylic acids is 1. The molecule has 30 heavy (non-hydrogen) atoms. The van der Waals surface area contributed by atoms with Gasteiger partial charge in [-0.2, -0.15) is 0 Å². The number of hydrogen-bond acceptors (Lipinski definition) is 4. The monoisotopic (exact) mass is 406 g/mol. The third-order valence-corrected chi connectivity index (χ3v) is 4.86. The van der Waals surface area contributed by atoms with Crippen molar-refractivity contribution in [3.63, 3.8) is 0 Å². The quantitative estimate of drug-likeness (QED) is 0.495. The number of aromatic nitrogens is 1. The topological polar surface area (TPSA) is 64.4 Å². The first-order chi connectivity index (χ1) is 14.5. The van der Waals surface area contributed by atoms with E-state index in [1.807, 2.05) is 55.5 Å². The Labute approximate surface area is 178 Å². The lowest BCUT2D eigenvalue weighted by Crippen LogP contribution is -2.23. The van der Waals surface area contributed by atoms with Gasteiger partial charge in [-0.15, -0.1) is 0 Å². The predicted octanol–water partition coefficient (Wildman–Crippen LogP) is 5.32. The smallest absolute Gasteiger partial charge is 0.220 e. The minimum absolute atomic E-state index is 0.0398. The maximum Gasteiger partial charge on any atom is 0.220 e. The van der Waals surface area contributed by atoms with Gasteiger partial charge in [0.1, 0.15) is 5.75 Å². The summed E-state index contributed by atoms with van der Waals surface area (Å²) >= 11 is 0. The molecular formula is C25H30N2O3. The molecule has 1 aromatic heterocycles. The zero-order chi connectivity index (χ0) is 21.3. The number of hydrogen-bond donors (Lipinski definition) is 1. The van der Waals surface area contributed by atoms with Crippen LogP contribution in [0.15, 0.2) is 59.1 Å². The highest BCUT2D eigenvalue weighted by Gasteiger charge is 2.10. The molecule has 158 valence electrons. The Kier molecular flexibility index (Phi) is 7.66. The number of carbonyl (C=O) groups is 1. The van der Waals surface area contributed by atoms with Gasteiger partial charge < -0.3 is 14.5 Å². The zero-order valence-electron chi connectivity index (χ0n) is 18.0. The van der Waals surface area contributed by atoms with Gasteiger partial charge in [0, 0.05) is 30.5 Å². The van der Waals surface area contributed by atoms with E-state index in [1.54, 1.807) is 6.20 Å². The van der Waals surface area contributed by atoms with Gasteiger partial charge in [0.15, 0.2) is 11.7 Å². The maximum atomic E-state index is 12.3. The standard InChI is InChI=1S/C25H30N2O3/c1-18(2)14-15-29-22-7-5-4-6-21(22)16-26-24(28)12-13-25-27-17-23(30-25)20-10-8-19(3)9-11-20/h4-11,17-18H,12-16H2,1-3H3,(H,26,28). The van der Waals surface area contributed by atoms with Gasteiger partial charge in [0.05, 0.1) is 12.8 Å². The molecule has 1 amide bonds. The summed E-state index contributed by atoms with van der Waals surface area (Å²) in [4.78, 5) is 16.6. The summed E-state index contributed by atoms with van der Waals surface area (Å²) in [7, 11) is 0. The summed E-state index contributed by atoms with van der Waals surface area (Å²) in [6.07, 6.45) is 3.50. The van der Waals surface area contributed by atoms with Crippen LogP contribution in [0.2, 0.25) is 0 Å². The molecular weight excluding hydrogens is 376 g/mol. The normalized spacial score (nSPS) is 10.9. The third kappa shape index (κ3) is 6.48. The first-order valence-electron chi connectivity index (χ1n) is 10.5. The molecule has 0 aliphatic carbocycles. The van der Waals surface area contributed by atoms with E-state index < -0.39 is 0 Å². The van der Waals surface area contributed by atoms with E-state index in [-0.39, 0.29) is 5.91 Å². The second-order valence-corrected chi connectivity index (χ2v) is 7.90. The van der Waals surface area contributed by atoms with Gasteiger partial charge in [-0.3, -0.25) is 4.79 Å². The second-order valence-electron chi connectivity index (χ2n) is 7.90. The van der Waals surface area contributed by atoms with Crippen molar-refractivity contribution < 1.29 is 13.9 Å². The minimum Gasteiger partial charge on any atom is -0.493 e. The summed E-state index contributed by atoms with van der Waals surface area (Å²) < 4.78 is 11.7. The lowest BCUT2D eigenvalue weighted by atomic mass is 10.1. The number of nitrogens with zero attached hydrogens (tertiary/aromatic N) is 1. The van der Waals surface area contributed by atoms with Gasteiger partial charge >= 0.3 is 0 Å². The van der Waals surface area contributed by atoms with Crippen LogP contribution < -0.4 is 10.1 Å². The predicted molar refractivity (Wildman–Crippen MR) is 118 cm³/mol. The molecule has 1 N–H and O–H groups in total. The number of aryl methyl sites for hydroxylation is 2. The number of amides is 1. The molecule has 0 saturated heterocycles. The minimum atomic E-state index is -0.0398. The van der Waals surface area contributed by atoms with E-state index >= 15 is 0 Å². The number of ether oxygens (including phenoxy) is 1. The molecule has 0 fully saturated rings. The molecule has 0 saturated carbocycles. The number of rotatable bonds is 10. The lowest BCUT2D eigenvalue weighted by molar-refractivity contribution is -0.121. The average molecular weight is 407 g/mol. The van der Waals surface area contributed by atoms with Crippen LogP contribution in [0.1, 0.15) is 43.7 Å². The molecule has 3 aromatic rings. The van der Waals surface area contributed by atoms with Crippen molar-refractivity contribution in [2.45, 2.75) is 46.6 Å². The van der Waals surface area contributed by atoms with Crippen molar-refractivity contribution in [2.24, 2.45) is 5.92 Å². The SMILES string of the molecule is Cc1ccc(-c2cnc(CCC(=O)NCc3ccccc3OCCC(C)C)o2)cc1. The first-order valence-corrected chi connectivity index (χ1v) is 10.5. The molecule has 3 rings (SSSR count). The van der Waals surface area contributed by atoms with Gasteiger partial charge in [-0.05, 0) is 25.3 Å². The largest absolute Gasteiger partial charge is 0.493 e. The zero-order valence-corrected chi connectivity index (χ0v) is 18.0. The van der Waals surface area contributed by atoms with E-state index in [9.17, 15) is 4.79 Å². The fraction of sp³-hybridized carbons (Fsp3) is 0.360. The summed E-state index contributed by atoms with van der Waals surface area (Å²) in [5.41, 5.74) is 3.16. The summed E-state index contributed by atoms with van der Waals surface area (Å²) in [5.74, 6) is 2.67. The number of benzene rings is 2. The van der Waals surface area contributed by atoms with Crippen LogP contribution in [0.25, 0.3) is 11.3 Å². The number of para-hydroxylation sites is 1. The Morgan fingerprint density at radius 1 is 1.13 bits per heavy atom. The Hall–Kier alpha value is -3.08. The van der Waals surface area contributed by atoms with Crippen molar-refractivity contribution in [1.82, 2.24) is 10.3 Å². The fourth-order valence-corrected chi connectivity index (χ4v) is 2.98. The van der Waals surface area contributed by atoms with Crippen LogP contribution in [-0.4, -0.2) is 17.5 Å². The van der Waals surface area contributed by atoms with E-state index in [1.165, 1.54) is 5.56 Å². The molecule has 2 aromatic carbocycles. The molecule has 0 spiro atoms. The summed E-state index contributed by atoms with van der Waals surface area (Å²) in [5, 5.41) is 2.97. The summed E-state index contributed by atoms with van der Waals surface area (Å²) in [6, 6.07) is 15.9. The van der Waals surface area contributed by atoms with Crippen LogP contribution in [0.4, 0.5) is 0 Å². The van der Waals surface area contributed by atoms with Gasteiger partial charge in [-0.1, -0.05) is 61.9 Å². The highest BCUT2D eigenvalue weighted by molar-refractivity contribution is 5.76. The van der Waals surface area contributed by atoms with E-state index in [0.717, 1.165) is 29.1 Å². The highest BCUT2D eigenvalue weighted by Crippen LogP contribution is 2.21. The molecule has 0 aliphatic heterocycles. The lowest BCUT2D eigenvalue weighted by Gasteiger charge is -2.13. The maximum absolute atomic E-state index is 12.3. The molecule has 0 atom stereocenters. The third-order valence-electron chi connectivity index (χ3n) is 4.86. The molecule has 0 radical (unpaired) electrons. The van der Waals surface area contributed by atoms with E-state index in [4.69, 9.17) is 9.15 Å². The van der Waals surface area contributed by atoms with Gasteiger partial charge in [0.25, 0.3) is 0 Å². The molecule has 0 unspecified atom stereocenters. The van der Waals surface area contributed by atoms with Crippen molar-refractivity contribution in [3.05, 3.63) is 71.7 Å². The van der Waals surface area contributed by atoms with Crippen LogP contribution in [0.3, 0.4) is 0 Å². The highest BCUT2D eigenvalue weighted by atomic mass is 16.5. The molecule has 5 heteroatoms. The second kappa shape index (κ2) is 10.6. The van der Waals surface area contributed by atoms with Crippen LogP contribution in [0.5, 0.6) is 5.75 Å². The number of nitrogens with one attached hydrogen (secondary N) is 1. The average Bonchev–Trinajstić information content (AvgIpc) is 3.21. The Bertz CT molecular complexity index is 945. The Morgan fingerprint density at radius 2 is 1.90 bits per heavy atom. The fourth-order valence-electron chi connectivity index (χ4n) is 2.98. The van der Waals surface area contributed by atoms with E-state index in [2.05, 4.69) is 24.1 Å². The molecule has 1 heterocycles. The Morgan fingerprint density at radius 3 is 2.67 bits per heavy atom. The Balaban J connectivity index is 1.47. The molecule has 5 nitrogen and oxygen atoms in total. The van der Waals surface area contributed by atoms with Crippen molar-refractivity contribution in [3.8, 4) is 17.1 Å². The van der Waals surface area contributed by atoms with Crippen molar-refractivity contribution in [1.29, 1.82) is 0 Å². The van der Waals surface area contributed by atoms with Crippen LogP contribution in [0, 0.1) is 12.8 Å².